The van der Waals surface area contributed by atoms with E-state index in [9.17, 15) is 0 Å². The van der Waals surface area contributed by atoms with Gasteiger partial charge in [-0.3, -0.25) is 0 Å². The zero-order valence-electron chi connectivity index (χ0n) is 10.3. The van der Waals surface area contributed by atoms with Gasteiger partial charge in [-0.05, 0) is 37.3 Å². The van der Waals surface area contributed by atoms with E-state index in [1.165, 1.54) is 11.1 Å². The molecule has 94 valence electrons. The van der Waals surface area contributed by atoms with Crippen molar-refractivity contribution in [3.05, 3.63) is 47.1 Å². The molecule has 0 radical (unpaired) electrons. The number of hydrogen-bond donors (Lipinski definition) is 0. The fraction of sp³-hybridized carbons (Fsp3) is 0.429. The van der Waals surface area contributed by atoms with Gasteiger partial charge in [0.1, 0.15) is 5.38 Å². The maximum atomic E-state index is 5.94. The van der Waals surface area contributed by atoms with Crippen LogP contribution in [0.3, 0.4) is 0 Å². The fourth-order valence-corrected chi connectivity index (χ4v) is 2.58. The van der Waals surface area contributed by atoms with Crippen LogP contribution in [0.4, 0.5) is 0 Å². The minimum Gasteiger partial charge on any atom is -0.338 e. The number of benzene rings is 1. The van der Waals surface area contributed by atoms with Crippen LogP contribution in [0.2, 0.25) is 0 Å². The molecule has 0 amide bonds. The predicted molar refractivity (Wildman–Crippen MR) is 69.8 cm³/mol. The molecule has 0 N–H and O–H groups in total. The maximum Gasteiger partial charge on any atom is 0.244 e. The Kier molecular flexibility index (Phi) is 3.08. The number of aromatic nitrogens is 2. The first-order valence-corrected chi connectivity index (χ1v) is 6.72. The summed E-state index contributed by atoms with van der Waals surface area (Å²) in [6.07, 6.45) is 3.15. The maximum absolute atomic E-state index is 5.94. The van der Waals surface area contributed by atoms with E-state index in [1.54, 1.807) is 0 Å². The first-order valence-electron chi connectivity index (χ1n) is 6.28. The van der Waals surface area contributed by atoms with E-state index in [0.29, 0.717) is 11.8 Å². The lowest BCUT2D eigenvalue weighted by Gasteiger charge is -2.21. The van der Waals surface area contributed by atoms with E-state index < -0.39 is 0 Å². The molecule has 1 aliphatic rings. The van der Waals surface area contributed by atoms with E-state index >= 15 is 0 Å². The molecular weight excluding hydrogens is 248 g/mol. The van der Waals surface area contributed by atoms with Crippen LogP contribution in [0.25, 0.3) is 0 Å². The highest BCUT2D eigenvalue weighted by atomic mass is 35.5. The lowest BCUT2D eigenvalue weighted by atomic mass is 9.83. The van der Waals surface area contributed by atoms with E-state index in [4.69, 9.17) is 16.1 Å². The average molecular weight is 263 g/mol. The summed E-state index contributed by atoms with van der Waals surface area (Å²) in [5.41, 5.74) is 2.85. The summed E-state index contributed by atoms with van der Waals surface area (Å²) in [4.78, 5) is 4.40. The van der Waals surface area contributed by atoms with Gasteiger partial charge < -0.3 is 4.52 Å². The Morgan fingerprint density at radius 1 is 1.33 bits per heavy atom. The molecule has 4 heteroatoms. The summed E-state index contributed by atoms with van der Waals surface area (Å²) in [5.74, 6) is 1.67. The van der Waals surface area contributed by atoms with E-state index in [-0.39, 0.29) is 5.38 Å². The number of halogens is 1. The van der Waals surface area contributed by atoms with Crippen LogP contribution in [0.1, 0.15) is 47.5 Å². The van der Waals surface area contributed by atoms with Gasteiger partial charge in [-0.15, -0.1) is 11.6 Å². The van der Waals surface area contributed by atoms with Crippen molar-refractivity contribution in [1.82, 2.24) is 10.1 Å². The lowest BCUT2D eigenvalue weighted by molar-refractivity contribution is 0.367. The molecule has 3 rings (SSSR count). The zero-order valence-corrected chi connectivity index (χ0v) is 11.0. The van der Waals surface area contributed by atoms with Crippen molar-refractivity contribution in [2.24, 2.45) is 0 Å². The first-order chi connectivity index (χ1) is 8.74. The molecule has 2 atom stereocenters. The van der Waals surface area contributed by atoms with Crippen LogP contribution in [0, 0.1) is 0 Å². The Balaban J connectivity index is 1.83. The number of aryl methyl sites for hydroxylation is 1. The Morgan fingerprint density at radius 2 is 2.11 bits per heavy atom. The number of alkyl halides is 1. The highest BCUT2D eigenvalue weighted by molar-refractivity contribution is 6.20. The highest BCUT2D eigenvalue weighted by Crippen LogP contribution is 2.31. The molecule has 0 aliphatic heterocycles. The number of nitrogens with zero attached hydrogens (tertiary/aromatic N) is 2. The van der Waals surface area contributed by atoms with Crippen molar-refractivity contribution in [2.75, 3.05) is 0 Å². The van der Waals surface area contributed by atoms with Crippen molar-refractivity contribution >= 4 is 11.6 Å². The van der Waals surface area contributed by atoms with E-state index in [2.05, 4.69) is 34.4 Å². The number of hydrogen-bond acceptors (Lipinski definition) is 3. The molecule has 0 saturated carbocycles. The van der Waals surface area contributed by atoms with Crippen LogP contribution in [-0.2, 0) is 12.8 Å². The number of fused-ring (bicyclic) bond motifs is 1. The van der Waals surface area contributed by atoms with Gasteiger partial charge in [0, 0.05) is 5.92 Å². The van der Waals surface area contributed by atoms with Crippen LogP contribution >= 0.6 is 11.6 Å². The lowest BCUT2D eigenvalue weighted by Crippen LogP contribution is -2.13. The molecule has 2 aromatic rings. The van der Waals surface area contributed by atoms with Gasteiger partial charge in [0.15, 0.2) is 5.82 Å². The van der Waals surface area contributed by atoms with E-state index in [1.807, 2.05) is 6.92 Å². The van der Waals surface area contributed by atoms with Crippen molar-refractivity contribution in [2.45, 2.75) is 37.5 Å². The monoisotopic (exact) mass is 262 g/mol. The summed E-state index contributed by atoms with van der Waals surface area (Å²) in [5, 5.41) is 3.84. The minimum atomic E-state index is -0.220. The third-order valence-corrected chi connectivity index (χ3v) is 3.70. The van der Waals surface area contributed by atoms with Crippen LogP contribution < -0.4 is 0 Å². The second-order valence-corrected chi connectivity index (χ2v) is 5.47. The third-order valence-electron chi connectivity index (χ3n) is 3.51. The molecule has 2 unspecified atom stereocenters. The normalized spacial score (nSPS) is 20.4. The molecule has 1 heterocycles. The largest absolute Gasteiger partial charge is 0.338 e. The highest BCUT2D eigenvalue weighted by Gasteiger charge is 2.24. The fourth-order valence-electron chi connectivity index (χ4n) is 2.49. The van der Waals surface area contributed by atoms with Gasteiger partial charge >= 0.3 is 0 Å². The van der Waals surface area contributed by atoms with Gasteiger partial charge in [0.05, 0.1) is 0 Å². The summed E-state index contributed by atoms with van der Waals surface area (Å²) < 4.78 is 5.17. The van der Waals surface area contributed by atoms with Gasteiger partial charge in [0.25, 0.3) is 0 Å². The van der Waals surface area contributed by atoms with Crippen molar-refractivity contribution in [3.63, 3.8) is 0 Å². The van der Waals surface area contributed by atoms with Crippen molar-refractivity contribution < 1.29 is 4.52 Å². The van der Waals surface area contributed by atoms with Crippen LogP contribution in [0.5, 0.6) is 0 Å². The van der Waals surface area contributed by atoms with Gasteiger partial charge in [-0.1, -0.05) is 29.4 Å². The third kappa shape index (κ3) is 2.15. The quantitative estimate of drug-likeness (QED) is 0.776. The molecule has 3 nitrogen and oxygen atoms in total. The molecule has 0 spiro atoms. The zero-order chi connectivity index (χ0) is 12.5. The Morgan fingerprint density at radius 3 is 2.83 bits per heavy atom. The van der Waals surface area contributed by atoms with Crippen molar-refractivity contribution in [3.8, 4) is 0 Å². The average Bonchev–Trinajstić information content (AvgIpc) is 2.88. The molecule has 18 heavy (non-hydrogen) atoms. The van der Waals surface area contributed by atoms with Crippen LogP contribution in [-0.4, -0.2) is 10.1 Å². The molecule has 1 aromatic heterocycles. The summed E-state index contributed by atoms with van der Waals surface area (Å²) in [6, 6.07) is 8.57. The minimum absolute atomic E-state index is 0.220. The Hall–Kier alpha value is -1.35. The molecule has 1 aromatic carbocycles. The van der Waals surface area contributed by atoms with Gasteiger partial charge in [-0.25, -0.2) is 0 Å². The molecule has 0 fully saturated rings. The van der Waals surface area contributed by atoms with Crippen LogP contribution in [0.15, 0.2) is 28.8 Å². The van der Waals surface area contributed by atoms with Crippen molar-refractivity contribution in [1.29, 1.82) is 0 Å². The molecule has 1 aliphatic carbocycles. The van der Waals surface area contributed by atoms with Gasteiger partial charge in [-0.2, -0.15) is 4.98 Å². The molecule has 0 saturated heterocycles. The Bertz CT molecular complexity index is 550. The molecular formula is C14H15ClN2O. The Labute approximate surface area is 111 Å². The molecule has 0 bridgehead atoms. The standard InChI is InChI=1S/C14H15ClN2O/c1-9(15)14-16-13(17-18-14)12-7-6-10-4-2-3-5-11(10)8-12/h2-5,9,12H,6-8H2,1H3. The van der Waals surface area contributed by atoms with Gasteiger partial charge in [0.2, 0.25) is 5.89 Å². The topological polar surface area (TPSA) is 38.9 Å². The second-order valence-electron chi connectivity index (χ2n) is 4.82. The SMILES string of the molecule is CC(Cl)c1nc(C2CCc3ccccc3C2)no1. The number of rotatable bonds is 2. The summed E-state index contributed by atoms with van der Waals surface area (Å²) in [7, 11) is 0. The summed E-state index contributed by atoms with van der Waals surface area (Å²) in [6.45, 7) is 1.84. The first kappa shape index (κ1) is 11.7. The predicted octanol–water partition coefficient (Wildman–Crippen LogP) is 3.64. The smallest absolute Gasteiger partial charge is 0.244 e. The second kappa shape index (κ2) is 4.73. The van der Waals surface area contributed by atoms with E-state index in [0.717, 1.165) is 25.1 Å². The summed E-state index contributed by atoms with van der Waals surface area (Å²) >= 11 is 5.94.